The van der Waals surface area contributed by atoms with Crippen LogP contribution < -0.4 is 0 Å². The van der Waals surface area contributed by atoms with Crippen molar-refractivity contribution in [2.24, 2.45) is 0 Å². The average Bonchev–Trinajstić information content (AvgIpc) is 2.65. The topological polar surface area (TPSA) is 44.1 Å². The highest BCUT2D eigenvalue weighted by Crippen LogP contribution is 2.24. The van der Waals surface area contributed by atoms with E-state index in [-0.39, 0.29) is 6.61 Å². The number of hydrogen-bond donors (Lipinski definition) is 0. The molecule has 0 bridgehead atoms. The third-order valence-electron chi connectivity index (χ3n) is 2.79. The quantitative estimate of drug-likeness (QED) is 0.807. The fourth-order valence-electron chi connectivity index (χ4n) is 2.06. The normalized spacial score (nSPS) is 10.7. The second-order valence-electron chi connectivity index (χ2n) is 4.46. The molecule has 0 amide bonds. The third-order valence-corrected chi connectivity index (χ3v) is 3.15. The minimum absolute atomic E-state index is 0.256. The standard InChI is InChI=1S/C14H15ClN2O2/c1-9-4-10(2)6-11(5-9)17-14(15)12(7-18)13(16-17)8-19-3/h4-7H,8H2,1-3H3. The van der Waals surface area contributed by atoms with E-state index in [1.807, 2.05) is 26.0 Å². The smallest absolute Gasteiger partial charge is 0.155 e. The molecular formula is C14H15ClN2O2. The number of halogens is 1. The van der Waals surface area contributed by atoms with Crippen molar-refractivity contribution in [2.75, 3.05) is 7.11 Å². The van der Waals surface area contributed by atoms with Crippen LogP contribution in [0.1, 0.15) is 27.2 Å². The lowest BCUT2D eigenvalue weighted by Crippen LogP contribution is -1.99. The van der Waals surface area contributed by atoms with Gasteiger partial charge < -0.3 is 4.74 Å². The van der Waals surface area contributed by atoms with Gasteiger partial charge in [-0.2, -0.15) is 5.10 Å². The Hall–Kier alpha value is -1.65. The van der Waals surface area contributed by atoms with E-state index in [0.717, 1.165) is 16.8 Å². The predicted octanol–water partition coefficient (Wildman–Crippen LogP) is 3.10. The van der Waals surface area contributed by atoms with Gasteiger partial charge in [-0.15, -0.1) is 0 Å². The minimum Gasteiger partial charge on any atom is -0.378 e. The number of aldehydes is 1. The lowest BCUT2D eigenvalue weighted by atomic mass is 10.1. The van der Waals surface area contributed by atoms with Gasteiger partial charge in [0.25, 0.3) is 0 Å². The summed E-state index contributed by atoms with van der Waals surface area (Å²) in [6, 6.07) is 6.01. The molecule has 0 unspecified atom stereocenters. The van der Waals surface area contributed by atoms with E-state index in [1.54, 1.807) is 11.8 Å². The number of ether oxygens (including phenoxy) is 1. The van der Waals surface area contributed by atoms with Crippen molar-refractivity contribution in [1.82, 2.24) is 9.78 Å². The molecule has 4 nitrogen and oxygen atoms in total. The molecule has 5 heteroatoms. The number of carbonyl (C=O) groups is 1. The fourth-order valence-corrected chi connectivity index (χ4v) is 2.34. The molecule has 19 heavy (non-hydrogen) atoms. The molecule has 0 aliphatic heterocycles. The van der Waals surface area contributed by atoms with Crippen LogP contribution in [0.4, 0.5) is 0 Å². The van der Waals surface area contributed by atoms with Gasteiger partial charge in [0, 0.05) is 7.11 Å². The van der Waals surface area contributed by atoms with Crippen molar-refractivity contribution >= 4 is 17.9 Å². The molecule has 2 rings (SSSR count). The van der Waals surface area contributed by atoms with Gasteiger partial charge in [-0.1, -0.05) is 17.7 Å². The van der Waals surface area contributed by atoms with Crippen LogP contribution in [0.3, 0.4) is 0 Å². The second kappa shape index (κ2) is 5.55. The molecule has 1 aromatic carbocycles. The van der Waals surface area contributed by atoms with Gasteiger partial charge >= 0.3 is 0 Å². The lowest BCUT2D eigenvalue weighted by molar-refractivity contribution is 0.111. The van der Waals surface area contributed by atoms with Gasteiger partial charge in [-0.3, -0.25) is 4.79 Å². The number of aromatic nitrogens is 2. The maximum absolute atomic E-state index is 11.1. The molecule has 1 aromatic heterocycles. The number of benzene rings is 1. The SMILES string of the molecule is COCc1nn(-c2cc(C)cc(C)c2)c(Cl)c1C=O. The summed E-state index contributed by atoms with van der Waals surface area (Å²) in [7, 11) is 1.55. The summed E-state index contributed by atoms with van der Waals surface area (Å²) in [6.07, 6.45) is 0.711. The zero-order chi connectivity index (χ0) is 14.0. The van der Waals surface area contributed by atoms with Gasteiger partial charge in [-0.05, 0) is 37.1 Å². The van der Waals surface area contributed by atoms with Crippen LogP contribution in [0.2, 0.25) is 5.15 Å². The molecule has 0 N–H and O–H groups in total. The maximum atomic E-state index is 11.1. The van der Waals surface area contributed by atoms with Crippen LogP contribution in [0.25, 0.3) is 5.69 Å². The van der Waals surface area contributed by atoms with Crippen molar-refractivity contribution in [3.05, 3.63) is 45.7 Å². The monoisotopic (exact) mass is 278 g/mol. The first-order chi connectivity index (χ1) is 9.06. The molecule has 1 heterocycles. The van der Waals surface area contributed by atoms with Crippen LogP contribution in [-0.4, -0.2) is 23.2 Å². The summed E-state index contributed by atoms with van der Waals surface area (Å²) < 4.78 is 6.60. The molecule has 0 saturated carbocycles. The summed E-state index contributed by atoms with van der Waals surface area (Å²) >= 11 is 6.22. The van der Waals surface area contributed by atoms with Crippen LogP contribution in [-0.2, 0) is 11.3 Å². The Balaban J connectivity index is 2.58. The van der Waals surface area contributed by atoms with E-state index in [9.17, 15) is 4.79 Å². The molecule has 0 saturated heterocycles. The van der Waals surface area contributed by atoms with E-state index in [4.69, 9.17) is 16.3 Å². The Bertz CT molecular complexity index is 600. The average molecular weight is 279 g/mol. The summed E-state index contributed by atoms with van der Waals surface area (Å²) in [5.74, 6) is 0. The first-order valence-corrected chi connectivity index (χ1v) is 6.24. The Morgan fingerprint density at radius 2 is 1.95 bits per heavy atom. The van der Waals surface area contributed by atoms with E-state index < -0.39 is 0 Å². The number of rotatable bonds is 4. The highest BCUT2D eigenvalue weighted by atomic mass is 35.5. The molecule has 0 aliphatic rings. The summed E-state index contributed by atoms with van der Waals surface area (Å²) in [5.41, 5.74) is 3.99. The Labute approximate surface area is 116 Å². The largest absolute Gasteiger partial charge is 0.378 e. The Morgan fingerprint density at radius 3 is 2.47 bits per heavy atom. The zero-order valence-corrected chi connectivity index (χ0v) is 11.9. The predicted molar refractivity (Wildman–Crippen MR) is 74.1 cm³/mol. The van der Waals surface area contributed by atoms with Gasteiger partial charge in [0.1, 0.15) is 10.8 Å². The number of carbonyl (C=O) groups excluding carboxylic acids is 1. The minimum atomic E-state index is 0.256. The van der Waals surface area contributed by atoms with E-state index in [1.165, 1.54) is 0 Å². The molecule has 0 atom stereocenters. The molecule has 100 valence electrons. The molecule has 0 aliphatic carbocycles. The van der Waals surface area contributed by atoms with Gasteiger partial charge in [0.2, 0.25) is 0 Å². The molecule has 0 radical (unpaired) electrons. The maximum Gasteiger partial charge on any atom is 0.155 e. The van der Waals surface area contributed by atoms with Crippen molar-refractivity contribution in [3.63, 3.8) is 0 Å². The number of hydrogen-bond acceptors (Lipinski definition) is 3. The van der Waals surface area contributed by atoms with E-state index in [2.05, 4.69) is 11.2 Å². The van der Waals surface area contributed by atoms with Gasteiger partial charge in [0.15, 0.2) is 6.29 Å². The third kappa shape index (κ3) is 2.69. The van der Waals surface area contributed by atoms with Crippen LogP contribution in [0.5, 0.6) is 0 Å². The molecule has 0 fully saturated rings. The van der Waals surface area contributed by atoms with Gasteiger partial charge in [0.05, 0.1) is 17.9 Å². The number of nitrogens with zero attached hydrogens (tertiary/aromatic N) is 2. The summed E-state index contributed by atoms with van der Waals surface area (Å²) in [5, 5.41) is 4.66. The highest BCUT2D eigenvalue weighted by molar-refractivity contribution is 6.32. The zero-order valence-electron chi connectivity index (χ0n) is 11.1. The first-order valence-electron chi connectivity index (χ1n) is 5.87. The Morgan fingerprint density at radius 1 is 1.32 bits per heavy atom. The molecular weight excluding hydrogens is 264 g/mol. The second-order valence-corrected chi connectivity index (χ2v) is 4.82. The van der Waals surface area contributed by atoms with Crippen molar-refractivity contribution < 1.29 is 9.53 Å². The summed E-state index contributed by atoms with van der Waals surface area (Å²) in [6.45, 7) is 4.26. The highest BCUT2D eigenvalue weighted by Gasteiger charge is 2.16. The Kier molecular flexibility index (Phi) is 4.02. The number of methoxy groups -OCH3 is 1. The van der Waals surface area contributed by atoms with Crippen molar-refractivity contribution in [3.8, 4) is 5.69 Å². The molecule has 0 spiro atoms. The van der Waals surface area contributed by atoms with E-state index in [0.29, 0.717) is 22.7 Å². The lowest BCUT2D eigenvalue weighted by Gasteiger charge is -2.06. The molecule has 2 aromatic rings. The van der Waals surface area contributed by atoms with Crippen LogP contribution in [0.15, 0.2) is 18.2 Å². The first kappa shape index (κ1) is 13.8. The van der Waals surface area contributed by atoms with E-state index >= 15 is 0 Å². The van der Waals surface area contributed by atoms with Crippen LogP contribution >= 0.6 is 11.6 Å². The summed E-state index contributed by atoms with van der Waals surface area (Å²) in [4.78, 5) is 11.1. The van der Waals surface area contributed by atoms with Crippen molar-refractivity contribution in [2.45, 2.75) is 20.5 Å². The fraction of sp³-hybridized carbons (Fsp3) is 0.286. The van der Waals surface area contributed by atoms with Gasteiger partial charge in [-0.25, -0.2) is 4.68 Å². The van der Waals surface area contributed by atoms with Crippen molar-refractivity contribution in [1.29, 1.82) is 0 Å². The number of aryl methyl sites for hydroxylation is 2. The van der Waals surface area contributed by atoms with Crippen LogP contribution in [0, 0.1) is 13.8 Å².